The first kappa shape index (κ1) is 25.1. The Hall–Kier alpha value is -1.89. The highest BCUT2D eigenvalue weighted by molar-refractivity contribution is 7.97. The zero-order chi connectivity index (χ0) is 22.4. The fraction of sp³-hybridized carbons (Fsp3) is 0.435. The van der Waals surface area contributed by atoms with Crippen LogP contribution in [0, 0.1) is 5.82 Å². The smallest absolute Gasteiger partial charge is 0.221 e. The number of hydrogen-bond acceptors (Lipinski definition) is 4. The van der Waals surface area contributed by atoms with Gasteiger partial charge in [0.15, 0.2) is 0 Å². The molecule has 0 radical (unpaired) electrons. The number of carbonyl (C=O) groups is 1. The Balaban J connectivity index is 0.000000308. The van der Waals surface area contributed by atoms with Gasteiger partial charge >= 0.3 is 0 Å². The van der Waals surface area contributed by atoms with Crippen LogP contribution >= 0.6 is 11.9 Å². The molecule has 160 valence electrons. The van der Waals surface area contributed by atoms with Crippen molar-refractivity contribution < 1.29 is 14.3 Å². The predicted molar refractivity (Wildman–Crippen MR) is 119 cm³/mol. The molecule has 0 aliphatic heterocycles. The van der Waals surface area contributed by atoms with Gasteiger partial charge in [-0.3, -0.25) is 9.93 Å². The van der Waals surface area contributed by atoms with Crippen molar-refractivity contribution in [2.75, 3.05) is 0 Å². The molecule has 2 aromatic rings. The van der Waals surface area contributed by atoms with Crippen molar-refractivity contribution in [2.45, 2.75) is 70.3 Å². The number of nitrogens with two attached hydrogens (primary N) is 2. The first-order chi connectivity index (χ1) is 13.4. The van der Waals surface area contributed by atoms with Crippen molar-refractivity contribution in [1.29, 1.82) is 0 Å². The molecule has 0 unspecified atom stereocenters. The van der Waals surface area contributed by atoms with E-state index in [0.717, 1.165) is 27.1 Å². The Kier molecular flexibility index (Phi) is 9.33. The fourth-order valence-corrected chi connectivity index (χ4v) is 3.32. The van der Waals surface area contributed by atoms with E-state index < -0.39 is 5.60 Å². The molecule has 4 nitrogen and oxygen atoms in total. The van der Waals surface area contributed by atoms with Crippen LogP contribution in [0.1, 0.15) is 75.6 Å². The molecule has 0 atom stereocenters. The number of carbonyl (C=O) groups excluding carboxylic acids is 1. The number of amides is 1. The highest BCUT2D eigenvalue weighted by Gasteiger charge is 2.17. The van der Waals surface area contributed by atoms with E-state index in [1.807, 2.05) is 52.0 Å². The third-order valence-electron chi connectivity index (χ3n) is 4.58. The molecule has 0 saturated carbocycles. The maximum atomic E-state index is 13.5. The number of benzene rings is 2. The molecule has 0 bridgehead atoms. The fourth-order valence-electron chi connectivity index (χ4n) is 3.03. The summed E-state index contributed by atoms with van der Waals surface area (Å²) in [5, 5.41) is 15.0. The lowest BCUT2D eigenvalue weighted by atomic mass is 9.87. The predicted octanol–water partition coefficient (Wildman–Crippen LogP) is 4.98. The second kappa shape index (κ2) is 10.8. The summed E-state index contributed by atoms with van der Waals surface area (Å²) in [5.41, 5.74) is 8.06. The van der Waals surface area contributed by atoms with Gasteiger partial charge in [0.05, 0.1) is 12.0 Å². The maximum absolute atomic E-state index is 13.5. The first-order valence-corrected chi connectivity index (χ1v) is 10.5. The Bertz CT molecular complexity index is 784. The Morgan fingerprint density at radius 1 is 1.07 bits per heavy atom. The SMILES string of the molecule is CC(C)(O)c1ccc(SN)cc1.CC(C)c1cc(F)cc(C(C)C)c1CC(N)=O. The van der Waals surface area contributed by atoms with E-state index in [9.17, 15) is 14.3 Å². The van der Waals surface area contributed by atoms with E-state index in [4.69, 9.17) is 10.9 Å². The van der Waals surface area contributed by atoms with E-state index in [0.29, 0.717) is 0 Å². The van der Waals surface area contributed by atoms with Gasteiger partial charge in [-0.2, -0.15) is 0 Å². The first-order valence-electron chi connectivity index (χ1n) is 9.67. The van der Waals surface area contributed by atoms with Crippen LogP contribution in [0.15, 0.2) is 41.3 Å². The lowest BCUT2D eigenvalue weighted by Gasteiger charge is -2.19. The molecule has 0 aliphatic rings. The van der Waals surface area contributed by atoms with Crippen molar-refractivity contribution in [1.82, 2.24) is 0 Å². The van der Waals surface area contributed by atoms with Gasteiger partial charge in [-0.25, -0.2) is 4.39 Å². The van der Waals surface area contributed by atoms with Crippen molar-refractivity contribution in [3.63, 3.8) is 0 Å². The van der Waals surface area contributed by atoms with Crippen LogP contribution in [-0.4, -0.2) is 11.0 Å². The second-order valence-electron chi connectivity index (χ2n) is 8.22. The number of primary amides is 1. The summed E-state index contributed by atoms with van der Waals surface area (Å²) in [5.74, 6) is -0.263. The van der Waals surface area contributed by atoms with Crippen LogP contribution in [0.4, 0.5) is 4.39 Å². The third kappa shape index (κ3) is 7.80. The Morgan fingerprint density at radius 2 is 1.52 bits per heavy atom. The second-order valence-corrected chi connectivity index (χ2v) is 8.92. The monoisotopic (exact) mass is 420 g/mol. The third-order valence-corrected chi connectivity index (χ3v) is 5.12. The van der Waals surface area contributed by atoms with Gasteiger partial charge < -0.3 is 10.8 Å². The minimum absolute atomic E-state index is 0.178. The molecule has 2 rings (SSSR count). The van der Waals surface area contributed by atoms with Gasteiger partial charge in [0, 0.05) is 4.90 Å². The highest BCUT2D eigenvalue weighted by Crippen LogP contribution is 2.29. The van der Waals surface area contributed by atoms with Crippen LogP contribution in [0.3, 0.4) is 0 Å². The van der Waals surface area contributed by atoms with Crippen LogP contribution in [-0.2, 0) is 16.8 Å². The molecule has 0 aromatic heterocycles. The van der Waals surface area contributed by atoms with Crippen LogP contribution in [0.5, 0.6) is 0 Å². The van der Waals surface area contributed by atoms with Crippen LogP contribution < -0.4 is 10.9 Å². The summed E-state index contributed by atoms with van der Waals surface area (Å²) in [6, 6.07) is 10.6. The van der Waals surface area contributed by atoms with Crippen LogP contribution in [0.25, 0.3) is 0 Å². The summed E-state index contributed by atoms with van der Waals surface area (Å²) in [4.78, 5) is 12.1. The summed E-state index contributed by atoms with van der Waals surface area (Å²) in [6.07, 6.45) is 0.182. The molecule has 0 spiro atoms. The summed E-state index contributed by atoms with van der Waals surface area (Å²) >= 11 is 1.21. The van der Waals surface area contributed by atoms with Gasteiger partial charge in [0.1, 0.15) is 5.82 Å². The number of hydrogen-bond donors (Lipinski definition) is 3. The minimum atomic E-state index is -0.766. The molecule has 5 N–H and O–H groups in total. The molecular weight excluding hydrogens is 387 g/mol. The van der Waals surface area contributed by atoms with Crippen molar-refractivity contribution in [3.8, 4) is 0 Å². The molecular formula is C23H33FN2O2S. The van der Waals surface area contributed by atoms with E-state index in [1.54, 1.807) is 13.8 Å². The molecule has 29 heavy (non-hydrogen) atoms. The molecule has 0 aliphatic carbocycles. The summed E-state index contributed by atoms with van der Waals surface area (Å²) < 4.78 is 13.5. The Labute approximate surface area is 178 Å². The van der Waals surface area contributed by atoms with Crippen molar-refractivity contribution in [3.05, 3.63) is 64.5 Å². The number of rotatable bonds is 6. The maximum Gasteiger partial charge on any atom is 0.221 e. The van der Waals surface area contributed by atoms with E-state index >= 15 is 0 Å². The molecule has 6 heteroatoms. The van der Waals surface area contributed by atoms with Gasteiger partial charge in [-0.15, -0.1) is 0 Å². The van der Waals surface area contributed by atoms with Crippen molar-refractivity contribution >= 4 is 17.9 Å². The molecule has 1 amide bonds. The zero-order valence-corrected chi connectivity index (χ0v) is 18.9. The number of aliphatic hydroxyl groups is 1. The van der Waals surface area contributed by atoms with Crippen LogP contribution in [0.2, 0.25) is 0 Å². The average molecular weight is 421 g/mol. The zero-order valence-electron chi connectivity index (χ0n) is 18.1. The lowest BCUT2D eigenvalue weighted by molar-refractivity contribution is -0.117. The van der Waals surface area contributed by atoms with Gasteiger partial charge in [0.25, 0.3) is 0 Å². The standard InChI is InChI=1S/C14H20FNO.C9H13NOS/c1-8(2)11-5-10(15)6-12(9(3)4)13(11)7-14(16)17;1-9(2,11)7-3-5-8(12-10)6-4-7/h5-6,8-9H,7H2,1-4H3,(H2,16,17);3-6,11H,10H2,1-2H3. The van der Waals surface area contributed by atoms with Gasteiger partial charge in [-0.1, -0.05) is 39.8 Å². The van der Waals surface area contributed by atoms with E-state index in [1.165, 1.54) is 24.1 Å². The highest BCUT2D eigenvalue weighted by atomic mass is 32.2. The summed E-state index contributed by atoms with van der Waals surface area (Å²) in [6.45, 7) is 11.5. The normalized spacial score (nSPS) is 11.4. The quantitative estimate of drug-likeness (QED) is 0.575. The molecule has 0 heterocycles. The average Bonchev–Trinajstić information content (AvgIpc) is 2.62. The molecule has 2 aromatic carbocycles. The minimum Gasteiger partial charge on any atom is -0.386 e. The van der Waals surface area contributed by atoms with E-state index in [-0.39, 0.29) is 30.0 Å². The molecule has 0 saturated heterocycles. The van der Waals surface area contributed by atoms with Gasteiger partial charge in [0.2, 0.25) is 5.91 Å². The Morgan fingerprint density at radius 3 is 1.83 bits per heavy atom. The van der Waals surface area contributed by atoms with Gasteiger partial charge in [-0.05, 0) is 84.2 Å². The largest absolute Gasteiger partial charge is 0.386 e. The number of halogens is 1. The lowest BCUT2D eigenvalue weighted by Crippen LogP contribution is -2.17. The molecule has 0 fully saturated rings. The van der Waals surface area contributed by atoms with Crippen molar-refractivity contribution in [2.24, 2.45) is 10.9 Å². The van der Waals surface area contributed by atoms with E-state index in [2.05, 4.69) is 0 Å². The summed E-state index contributed by atoms with van der Waals surface area (Å²) in [7, 11) is 0. The topological polar surface area (TPSA) is 89.3 Å².